The maximum Gasteiger partial charge on any atom is 0.0462 e. The molecule has 0 N–H and O–H groups in total. The van der Waals surface area contributed by atoms with E-state index in [-0.39, 0.29) is 5.41 Å². The second-order valence-corrected chi connectivity index (χ2v) is 14.5. The quantitative estimate of drug-likeness (QED) is 0.166. The second-order valence-electron chi connectivity index (χ2n) is 14.5. The van der Waals surface area contributed by atoms with E-state index in [0.717, 1.165) is 17.1 Å². The molecule has 0 spiro atoms. The summed E-state index contributed by atoms with van der Waals surface area (Å²) in [7, 11) is 0. The zero-order valence-electron chi connectivity index (χ0n) is 29.3. The number of nitrogens with zero attached hydrogens (tertiary/aromatic N) is 1. The van der Waals surface area contributed by atoms with E-state index in [0.29, 0.717) is 0 Å². The smallest absolute Gasteiger partial charge is 0.0462 e. The molecule has 0 saturated carbocycles. The molecule has 0 radical (unpaired) electrons. The molecule has 1 heteroatoms. The van der Waals surface area contributed by atoms with E-state index in [1.54, 1.807) is 0 Å². The Morgan fingerprint density at radius 2 is 0.788 bits per heavy atom. The monoisotopic (exact) mass is 663 g/mol. The highest BCUT2D eigenvalue weighted by atomic mass is 15.1. The minimum Gasteiger partial charge on any atom is -0.311 e. The van der Waals surface area contributed by atoms with E-state index in [4.69, 9.17) is 0 Å². The summed E-state index contributed by atoms with van der Waals surface area (Å²) in [5.41, 5.74) is 13.8. The predicted octanol–water partition coefficient (Wildman–Crippen LogP) is 14.3. The average molecular weight is 664 g/mol. The number of para-hydroxylation sites is 2. The van der Waals surface area contributed by atoms with Gasteiger partial charge in [-0.3, -0.25) is 0 Å². The summed E-state index contributed by atoms with van der Waals surface area (Å²) in [4.78, 5) is 2.32. The van der Waals surface area contributed by atoms with E-state index in [1.807, 2.05) is 0 Å². The van der Waals surface area contributed by atoms with Crippen LogP contribution >= 0.6 is 0 Å². The van der Waals surface area contributed by atoms with Crippen LogP contribution in [0.5, 0.6) is 0 Å². The maximum absolute atomic E-state index is 2.38. The average Bonchev–Trinajstić information content (AvgIpc) is 3.20. The largest absolute Gasteiger partial charge is 0.311 e. The minimum atomic E-state index is -0.0987. The van der Waals surface area contributed by atoms with Crippen LogP contribution in [-0.4, -0.2) is 0 Å². The molecule has 9 aromatic carbocycles. The fourth-order valence-corrected chi connectivity index (χ4v) is 8.89. The molecular formula is C51H37N. The van der Waals surface area contributed by atoms with Gasteiger partial charge < -0.3 is 4.90 Å². The first-order chi connectivity index (χ1) is 25.6. The zero-order chi connectivity index (χ0) is 34.8. The molecule has 0 aromatic heterocycles. The third-order valence-electron chi connectivity index (χ3n) is 11.2. The van der Waals surface area contributed by atoms with Gasteiger partial charge in [0, 0.05) is 22.5 Å². The van der Waals surface area contributed by atoms with Gasteiger partial charge in [-0.1, -0.05) is 166 Å². The highest BCUT2D eigenvalue weighted by molar-refractivity contribution is 6.24. The Labute approximate surface area is 305 Å². The number of hydrogen-bond donors (Lipinski definition) is 0. The van der Waals surface area contributed by atoms with E-state index >= 15 is 0 Å². The van der Waals surface area contributed by atoms with Crippen LogP contribution in [-0.2, 0) is 5.41 Å². The molecule has 0 heterocycles. The van der Waals surface area contributed by atoms with Crippen molar-refractivity contribution in [1.82, 2.24) is 0 Å². The number of anilines is 3. The Bertz CT molecular complexity index is 2700. The summed E-state index contributed by atoms with van der Waals surface area (Å²) in [5, 5.41) is 7.75. The number of hydrogen-bond acceptors (Lipinski definition) is 1. The third kappa shape index (κ3) is 4.56. The van der Waals surface area contributed by atoms with Gasteiger partial charge in [-0.05, 0) is 113 Å². The molecule has 246 valence electrons. The van der Waals surface area contributed by atoms with Gasteiger partial charge in [-0.15, -0.1) is 0 Å². The molecule has 0 atom stereocenters. The maximum atomic E-state index is 2.38. The van der Waals surface area contributed by atoms with Crippen LogP contribution in [0.1, 0.15) is 25.0 Å². The van der Waals surface area contributed by atoms with E-state index < -0.39 is 0 Å². The van der Waals surface area contributed by atoms with Crippen molar-refractivity contribution in [3.05, 3.63) is 199 Å². The lowest BCUT2D eigenvalue weighted by molar-refractivity contribution is 0.645. The van der Waals surface area contributed by atoms with Gasteiger partial charge >= 0.3 is 0 Å². The van der Waals surface area contributed by atoms with Gasteiger partial charge in [0.1, 0.15) is 0 Å². The molecule has 0 unspecified atom stereocenters. The zero-order valence-corrected chi connectivity index (χ0v) is 29.3. The first-order valence-corrected chi connectivity index (χ1v) is 18.2. The topological polar surface area (TPSA) is 3.24 Å². The van der Waals surface area contributed by atoms with Crippen molar-refractivity contribution in [2.45, 2.75) is 19.3 Å². The highest BCUT2D eigenvalue weighted by Gasteiger charge is 2.33. The summed E-state index contributed by atoms with van der Waals surface area (Å²) in [6.45, 7) is 4.75. The molecule has 0 aliphatic heterocycles. The van der Waals surface area contributed by atoms with Crippen molar-refractivity contribution in [3.63, 3.8) is 0 Å². The summed E-state index contributed by atoms with van der Waals surface area (Å²) < 4.78 is 0. The SMILES string of the molecule is CC1(C)c2ccccc2-c2ccc(-c3c4ccccc4c(-c4ccc(N(c5ccccc5)c5ccccc5)cc4)c4ccccc34)c3cccc1c23. The molecular weight excluding hydrogens is 627 g/mol. The molecule has 52 heavy (non-hydrogen) atoms. The normalized spacial score (nSPS) is 13.0. The summed E-state index contributed by atoms with van der Waals surface area (Å²) in [5.74, 6) is 0. The molecule has 1 aliphatic rings. The Hall–Kier alpha value is -6.44. The van der Waals surface area contributed by atoms with E-state index in [9.17, 15) is 0 Å². The van der Waals surface area contributed by atoms with Gasteiger partial charge in [0.15, 0.2) is 0 Å². The lowest BCUT2D eigenvalue weighted by Gasteiger charge is -2.35. The van der Waals surface area contributed by atoms with Crippen molar-refractivity contribution >= 4 is 49.4 Å². The van der Waals surface area contributed by atoms with E-state index in [2.05, 4.69) is 207 Å². The van der Waals surface area contributed by atoms with Crippen molar-refractivity contribution in [1.29, 1.82) is 0 Å². The third-order valence-corrected chi connectivity index (χ3v) is 11.2. The van der Waals surface area contributed by atoms with Gasteiger partial charge in [0.25, 0.3) is 0 Å². The Morgan fingerprint density at radius 1 is 0.327 bits per heavy atom. The van der Waals surface area contributed by atoms with Gasteiger partial charge in [0.2, 0.25) is 0 Å². The van der Waals surface area contributed by atoms with Crippen molar-refractivity contribution in [3.8, 4) is 33.4 Å². The van der Waals surface area contributed by atoms with Gasteiger partial charge in [-0.2, -0.15) is 0 Å². The highest BCUT2D eigenvalue weighted by Crippen LogP contribution is 2.52. The number of benzene rings is 9. The number of fused-ring (bicyclic) bond motifs is 4. The molecule has 1 nitrogen and oxygen atoms in total. The summed E-state index contributed by atoms with van der Waals surface area (Å²) in [6.07, 6.45) is 0. The van der Waals surface area contributed by atoms with Crippen LogP contribution in [0.4, 0.5) is 17.1 Å². The van der Waals surface area contributed by atoms with Crippen molar-refractivity contribution in [2.75, 3.05) is 4.90 Å². The molecule has 0 fully saturated rings. The second kappa shape index (κ2) is 11.8. The molecule has 10 rings (SSSR count). The van der Waals surface area contributed by atoms with E-state index in [1.165, 1.54) is 76.8 Å². The fraction of sp³-hybridized carbons (Fsp3) is 0.0588. The van der Waals surface area contributed by atoms with Crippen LogP contribution in [0, 0.1) is 0 Å². The lowest BCUT2D eigenvalue weighted by Crippen LogP contribution is -2.23. The summed E-state index contributed by atoms with van der Waals surface area (Å²) in [6, 6.07) is 69.0. The molecule has 0 saturated heterocycles. The molecule has 0 bridgehead atoms. The van der Waals surface area contributed by atoms with Crippen LogP contribution in [0.3, 0.4) is 0 Å². The minimum absolute atomic E-state index is 0.0987. The molecule has 9 aromatic rings. The first-order valence-electron chi connectivity index (χ1n) is 18.2. The van der Waals surface area contributed by atoms with Crippen LogP contribution in [0.25, 0.3) is 65.7 Å². The first kappa shape index (κ1) is 30.4. The van der Waals surface area contributed by atoms with Crippen molar-refractivity contribution in [2.24, 2.45) is 0 Å². The van der Waals surface area contributed by atoms with Gasteiger partial charge in [0.05, 0.1) is 0 Å². The van der Waals surface area contributed by atoms with Crippen molar-refractivity contribution < 1.29 is 0 Å². The summed E-state index contributed by atoms with van der Waals surface area (Å²) >= 11 is 0. The van der Waals surface area contributed by atoms with Crippen LogP contribution < -0.4 is 4.90 Å². The predicted molar refractivity (Wildman–Crippen MR) is 222 cm³/mol. The Kier molecular flexibility index (Phi) is 6.91. The standard InChI is InChI=1S/C51H37N/c1-51(2)46-26-14-13-20-38(46)44-32-33-45(43-25-15-27-47(51)50(43)44)49-41-23-11-9-21-39(41)48(40-22-10-12-24-42(40)49)34-28-30-37(31-29-34)52(35-16-5-3-6-17-35)36-18-7-4-8-19-36/h3-33H,1-2H3. The molecule has 0 amide bonds. The molecule has 1 aliphatic carbocycles. The lowest BCUT2D eigenvalue weighted by atomic mass is 9.68. The Morgan fingerprint density at radius 3 is 1.40 bits per heavy atom. The Balaban J connectivity index is 1.20. The van der Waals surface area contributed by atoms with Crippen LogP contribution in [0.2, 0.25) is 0 Å². The van der Waals surface area contributed by atoms with Gasteiger partial charge in [-0.25, -0.2) is 0 Å². The number of rotatable bonds is 5. The fourth-order valence-electron chi connectivity index (χ4n) is 8.89. The van der Waals surface area contributed by atoms with Crippen LogP contribution in [0.15, 0.2) is 188 Å².